The zero-order valence-corrected chi connectivity index (χ0v) is 13.9. The van der Waals surface area contributed by atoms with Gasteiger partial charge in [-0.05, 0) is 37.3 Å². The van der Waals surface area contributed by atoms with Crippen LogP contribution in [-0.4, -0.2) is 32.1 Å². The summed E-state index contributed by atoms with van der Waals surface area (Å²) in [4.78, 5) is 27.6. The molecule has 2 N–H and O–H groups in total. The third-order valence-corrected chi connectivity index (χ3v) is 4.87. The predicted octanol–water partition coefficient (Wildman–Crippen LogP) is 2.35. The van der Waals surface area contributed by atoms with E-state index < -0.39 is 16.2 Å². The first-order chi connectivity index (χ1) is 12.1. The first-order valence-electron chi connectivity index (χ1n) is 8.65. The zero-order valence-electron chi connectivity index (χ0n) is 13.9. The van der Waals surface area contributed by atoms with Crippen molar-refractivity contribution < 1.29 is 10.0 Å². The third-order valence-electron chi connectivity index (χ3n) is 4.87. The van der Waals surface area contributed by atoms with Crippen LogP contribution in [0.2, 0.25) is 0 Å². The van der Waals surface area contributed by atoms with Gasteiger partial charge in [0, 0.05) is 18.8 Å². The van der Waals surface area contributed by atoms with E-state index in [4.69, 9.17) is 0 Å². The smallest absolute Gasteiger partial charge is 0.376 e. The van der Waals surface area contributed by atoms with Crippen molar-refractivity contribution in [1.82, 2.24) is 9.38 Å². The lowest BCUT2D eigenvalue weighted by molar-refractivity contribution is -0.385. The monoisotopic (exact) mass is 346 g/mol. The summed E-state index contributed by atoms with van der Waals surface area (Å²) in [6.07, 6.45) is 7.38. The van der Waals surface area contributed by atoms with Gasteiger partial charge in [0.25, 0.3) is 0 Å². The maximum atomic E-state index is 12.5. The Morgan fingerprint density at radius 3 is 2.80 bits per heavy atom. The third kappa shape index (κ3) is 3.63. The molecule has 0 spiro atoms. The predicted molar refractivity (Wildman–Crippen MR) is 93.8 cm³/mol. The Morgan fingerprint density at radius 1 is 1.36 bits per heavy atom. The summed E-state index contributed by atoms with van der Waals surface area (Å²) in [7, 11) is 0. The van der Waals surface area contributed by atoms with Crippen LogP contribution in [-0.2, 0) is 0 Å². The molecule has 0 aromatic carbocycles. The molecule has 2 heterocycles. The quantitative estimate of drug-likeness (QED) is 0.614. The van der Waals surface area contributed by atoms with Gasteiger partial charge >= 0.3 is 11.2 Å². The number of nitro groups is 1. The number of hydrogen-bond donors (Lipinski definition) is 2. The van der Waals surface area contributed by atoms with E-state index in [1.807, 2.05) is 0 Å². The highest BCUT2D eigenvalue weighted by Crippen LogP contribution is 2.30. The van der Waals surface area contributed by atoms with Crippen LogP contribution >= 0.6 is 0 Å². The molecule has 0 radical (unpaired) electrons. The molecule has 0 bridgehead atoms. The largest absolute Gasteiger partial charge is 0.396 e. The van der Waals surface area contributed by atoms with E-state index in [2.05, 4.69) is 10.3 Å². The molecule has 0 unspecified atom stereocenters. The van der Waals surface area contributed by atoms with Gasteiger partial charge in [-0.15, -0.1) is 0 Å². The molecule has 0 aliphatic heterocycles. The van der Waals surface area contributed by atoms with Gasteiger partial charge in [-0.2, -0.15) is 0 Å². The highest BCUT2D eigenvalue weighted by Gasteiger charge is 2.29. The van der Waals surface area contributed by atoms with Crippen LogP contribution in [0.4, 0.5) is 11.5 Å². The Morgan fingerprint density at radius 2 is 2.12 bits per heavy atom. The van der Waals surface area contributed by atoms with E-state index in [0.717, 1.165) is 25.7 Å². The highest BCUT2D eigenvalue weighted by molar-refractivity contribution is 5.60. The number of aromatic nitrogens is 2. The number of aliphatic hydroxyl groups is 1. The van der Waals surface area contributed by atoms with Crippen LogP contribution in [0.15, 0.2) is 29.2 Å². The van der Waals surface area contributed by atoms with Crippen molar-refractivity contribution in [2.24, 2.45) is 5.92 Å². The van der Waals surface area contributed by atoms with Crippen molar-refractivity contribution in [1.29, 1.82) is 0 Å². The van der Waals surface area contributed by atoms with Gasteiger partial charge in [-0.3, -0.25) is 19.3 Å². The van der Waals surface area contributed by atoms with Gasteiger partial charge in [-0.25, -0.2) is 4.98 Å². The summed E-state index contributed by atoms with van der Waals surface area (Å²) in [5.41, 5.74) is -0.904. The molecule has 1 aliphatic rings. The molecule has 8 nitrogen and oxygen atoms in total. The summed E-state index contributed by atoms with van der Waals surface area (Å²) in [6.45, 7) is -0.0193. The van der Waals surface area contributed by atoms with Crippen molar-refractivity contribution in [3.63, 3.8) is 0 Å². The second-order valence-corrected chi connectivity index (χ2v) is 6.46. The van der Waals surface area contributed by atoms with E-state index in [1.54, 1.807) is 18.2 Å². The Balaban J connectivity index is 2.01. The minimum atomic E-state index is -0.704. The fraction of sp³-hybridized carbons (Fsp3) is 0.529. The van der Waals surface area contributed by atoms with Crippen molar-refractivity contribution >= 4 is 17.2 Å². The molecule has 0 amide bonds. The second kappa shape index (κ2) is 7.60. The molecule has 1 aliphatic carbocycles. The van der Waals surface area contributed by atoms with E-state index in [9.17, 15) is 20.0 Å². The number of anilines is 1. The molecule has 25 heavy (non-hydrogen) atoms. The summed E-state index contributed by atoms with van der Waals surface area (Å²) in [5, 5.41) is 24.0. The van der Waals surface area contributed by atoms with E-state index in [-0.39, 0.29) is 18.5 Å². The van der Waals surface area contributed by atoms with Gasteiger partial charge in [0.2, 0.25) is 5.82 Å². The number of rotatable bonds is 6. The Bertz CT molecular complexity index is 814. The van der Waals surface area contributed by atoms with Crippen LogP contribution in [0.1, 0.15) is 38.5 Å². The van der Waals surface area contributed by atoms with Crippen molar-refractivity contribution in [2.75, 3.05) is 11.9 Å². The topological polar surface area (TPSA) is 110 Å². The van der Waals surface area contributed by atoms with Gasteiger partial charge in [0.15, 0.2) is 0 Å². The molecule has 3 rings (SSSR count). The molecule has 2 aromatic rings. The maximum absolute atomic E-state index is 12.5. The SMILES string of the molecule is O=c1c([N+](=O)[O-])c(N[C@@H](CCO)C2CCCCC2)nc2ccccn12. The number of aliphatic hydroxyl groups excluding tert-OH is 1. The Hall–Kier alpha value is -2.48. The van der Waals surface area contributed by atoms with Crippen molar-refractivity contribution in [3.8, 4) is 0 Å². The molecule has 1 atom stereocenters. The average molecular weight is 346 g/mol. The van der Waals surface area contributed by atoms with Gasteiger partial charge in [-0.1, -0.05) is 25.3 Å². The van der Waals surface area contributed by atoms with Gasteiger partial charge in [0.05, 0.1) is 4.92 Å². The van der Waals surface area contributed by atoms with Crippen molar-refractivity contribution in [2.45, 2.75) is 44.6 Å². The highest BCUT2D eigenvalue weighted by atomic mass is 16.6. The van der Waals surface area contributed by atoms with Gasteiger partial charge < -0.3 is 10.4 Å². The zero-order chi connectivity index (χ0) is 17.8. The fourth-order valence-corrected chi connectivity index (χ4v) is 3.62. The minimum Gasteiger partial charge on any atom is -0.396 e. The first kappa shape index (κ1) is 17.3. The molecule has 2 aromatic heterocycles. The summed E-state index contributed by atoms with van der Waals surface area (Å²) in [6, 6.07) is 4.85. The molecule has 134 valence electrons. The first-order valence-corrected chi connectivity index (χ1v) is 8.65. The van der Waals surface area contributed by atoms with E-state index in [1.165, 1.54) is 17.0 Å². The maximum Gasteiger partial charge on any atom is 0.376 e. The van der Waals surface area contributed by atoms with E-state index in [0.29, 0.717) is 18.0 Å². The van der Waals surface area contributed by atoms with Crippen LogP contribution in [0, 0.1) is 16.0 Å². The second-order valence-electron chi connectivity index (χ2n) is 6.46. The Kier molecular flexibility index (Phi) is 5.28. The number of nitrogens with zero attached hydrogens (tertiary/aromatic N) is 3. The van der Waals surface area contributed by atoms with Crippen LogP contribution < -0.4 is 10.9 Å². The molecule has 0 saturated heterocycles. The van der Waals surface area contributed by atoms with E-state index >= 15 is 0 Å². The molecular weight excluding hydrogens is 324 g/mol. The number of hydrogen-bond acceptors (Lipinski definition) is 6. The molecule has 1 saturated carbocycles. The summed E-state index contributed by atoms with van der Waals surface area (Å²) in [5.74, 6) is 0.307. The van der Waals surface area contributed by atoms with Gasteiger partial charge in [0.1, 0.15) is 5.65 Å². The molecule has 1 fully saturated rings. The lowest BCUT2D eigenvalue weighted by Gasteiger charge is -2.30. The number of fused-ring (bicyclic) bond motifs is 1. The van der Waals surface area contributed by atoms with Crippen LogP contribution in [0.25, 0.3) is 5.65 Å². The fourth-order valence-electron chi connectivity index (χ4n) is 3.62. The summed E-state index contributed by atoms with van der Waals surface area (Å²) >= 11 is 0. The lowest BCUT2D eigenvalue weighted by Crippen LogP contribution is -2.33. The molecular formula is C17H22N4O4. The average Bonchev–Trinajstić information content (AvgIpc) is 2.62. The number of nitrogens with one attached hydrogen (secondary N) is 1. The van der Waals surface area contributed by atoms with Crippen molar-refractivity contribution in [3.05, 3.63) is 44.9 Å². The number of pyridine rings is 1. The molecule has 8 heteroatoms. The summed E-state index contributed by atoms with van der Waals surface area (Å²) < 4.78 is 1.17. The van der Waals surface area contributed by atoms with Crippen LogP contribution in [0.5, 0.6) is 0 Å². The lowest BCUT2D eigenvalue weighted by atomic mass is 9.82. The standard InChI is InChI=1S/C17H22N4O4/c22-11-9-13(12-6-2-1-3-7-12)18-16-15(21(24)25)17(23)20-10-5-4-8-14(20)19-16/h4-5,8,10,12-13,18,22H,1-3,6-7,9,11H2/t13-/m0/s1. The Labute approximate surface area is 144 Å². The minimum absolute atomic E-state index is 0.00905. The van der Waals surface area contributed by atoms with Crippen LogP contribution in [0.3, 0.4) is 0 Å². The normalized spacial score (nSPS) is 16.7.